The molecule has 0 heterocycles. The van der Waals surface area contributed by atoms with Crippen molar-refractivity contribution >= 4 is 33.4 Å². The van der Waals surface area contributed by atoms with Crippen molar-refractivity contribution in [2.45, 2.75) is 11.4 Å². The molecule has 0 bridgehead atoms. The van der Waals surface area contributed by atoms with Crippen molar-refractivity contribution in [1.82, 2.24) is 4.72 Å². The van der Waals surface area contributed by atoms with Crippen LogP contribution in [0.15, 0.2) is 77.7 Å². The smallest absolute Gasteiger partial charge is 0.338 e. The number of rotatable bonds is 8. The zero-order valence-electron chi connectivity index (χ0n) is 16.0. The van der Waals surface area contributed by atoms with Gasteiger partial charge in [-0.25, -0.2) is 22.3 Å². The maximum atomic E-state index is 13.2. The van der Waals surface area contributed by atoms with Crippen LogP contribution in [0, 0.1) is 5.82 Å². The standard InChI is InChI=1S/C22H17ClFNO5S/c23-19-12-18(10-11-20(19)24)31(28,29)25-13-15-6-8-17(9-7-15)22(27)30-14-21(26)16-4-2-1-3-5-16/h1-12,25H,13-14H2. The summed E-state index contributed by atoms with van der Waals surface area (Å²) in [6.07, 6.45) is 0. The molecule has 31 heavy (non-hydrogen) atoms. The third-order valence-electron chi connectivity index (χ3n) is 4.29. The van der Waals surface area contributed by atoms with E-state index in [9.17, 15) is 22.4 Å². The lowest BCUT2D eigenvalue weighted by molar-refractivity contribution is 0.0474. The Morgan fingerprint density at radius 3 is 2.26 bits per heavy atom. The number of halogens is 2. The summed E-state index contributed by atoms with van der Waals surface area (Å²) in [7, 11) is -3.90. The molecule has 3 aromatic carbocycles. The van der Waals surface area contributed by atoms with Gasteiger partial charge >= 0.3 is 5.97 Å². The topological polar surface area (TPSA) is 89.5 Å². The first-order valence-corrected chi connectivity index (χ1v) is 10.9. The molecule has 6 nitrogen and oxygen atoms in total. The summed E-state index contributed by atoms with van der Waals surface area (Å²) in [6, 6.07) is 17.6. The number of esters is 1. The average Bonchev–Trinajstić information content (AvgIpc) is 2.78. The Morgan fingerprint density at radius 1 is 0.935 bits per heavy atom. The van der Waals surface area contributed by atoms with Gasteiger partial charge in [-0.05, 0) is 35.9 Å². The summed E-state index contributed by atoms with van der Waals surface area (Å²) in [5, 5.41) is -0.295. The first-order valence-electron chi connectivity index (χ1n) is 9.05. The fourth-order valence-corrected chi connectivity index (χ4v) is 3.87. The molecule has 3 aromatic rings. The zero-order chi connectivity index (χ0) is 22.4. The molecular formula is C22H17ClFNO5S. The van der Waals surface area contributed by atoms with Crippen LogP contribution < -0.4 is 4.72 Å². The van der Waals surface area contributed by atoms with E-state index in [0.29, 0.717) is 11.1 Å². The molecule has 160 valence electrons. The van der Waals surface area contributed by atoms with Gasteiger partial charge in [0.05, 0.1) is 15.5 Å². The molecule has 0 amide bonds. The van der Waals surface area contributed by atoms with E-state index in [2.05, 4.69) is 4.72 Å². The molecule has 3 rings (SSSR count). The zero-order valence-corrected chi connectivity index (χ0v) is 17.6. The van der Waals surface area contributed by atoms with E-state index in [1.54, 1.807) is 42.5 Å². The minimum absolute atomic E-state index is 0.0564. The molecule has 0 aromatic heterocycles. The first kappa shape index (κ1) is 22.6. The van der Waals surface area contributed by atoms with Gasteiger partial charge < -0.3 is 4.74 Å². The molecule has 0 saturated heterocycles. The predicted molar refractivity (Wildman–Crippen MR) is 113 cm³/mol. The number of Topliss-reactive ketones (excluding diaryl/α,β-unsaturated/α-hetero) is 1. The number of carbonyl (C=O) groups excluding carboxylic acids is 2. The summed E-state index contributed by atoms with van der Waals surface area (Å²) >= 11 is 5.63. The van der Waals surface area contributed by atoms with E-state index >= 15 is 0 Å². The quantitative estimate of drug-likeness (QED) is 0.404. The van der Waals surface area contributed by atoms with Crippen molar-refractivity contribution in [3.63, 3.8) is 0 Å². The van der Waals surface area contributed by atoms with Gasteiger partial charge in [0.25, 0.3) is 0 Å². The van der Waals surface area contributed by atoms with Crippen LogP contribution in [0.2, 0.25) is 5.02 Å². The number of nitrogens with one attached hydrogen (secondary N) is 1. The third kappa shape index (κ3) is 5.97. The third-order valence-corrected chi connectivity index (χ3v) is 5.98. The van der Waals surface area contributed by atoms with Gasteiger partial charge in [-0.2, -0.15) is 0 Å². The molecule has 0 unspecified atom stereocenters. The number of sulfonamides is 1. The number of carbonyl (C=O) groups is 2. The number of hydrogen-bond acceptors (Lipinski definition) is 5. The lowest BCUT2D eigenvalue weighted by Gasteiger charge is -2.08. The Bertz CT molecular complexity index is 1200. The summed E-state index contributed by atoms with van der Waals surface area (Å²) in [6.45, 7) is -0.441. The second-order valence-electron chi connectivity index (χ2n) is 6.46. The summed E-state index contributed by atoms with van der Waals surface area (Å²) in [5.74, 6) is -1.70. The summed E-state index contributed by atoms with van der Waals surface area (Å²) in [4.78, 5) is 24.0. The average molecular weight is 462 g/mol. The van der Waals surface area contributed by atoms with Gasteiger partial charge in [-0.15, -0.1) is 0 Å². The predicted octanol–water partition coefficient (Wildman–Crippen LogP) is 4.00. The van der Waals surface area contributed by atoms with Crippen LogP contribution in [0.4, 0.5) is 4.39 Å². The second-order valence-corrected chi connectivity index (χ2v) is 8.64. The molecule has 0 saturated carbocycles. The van der Waals surface area contributed by atoms with Gasteiger partial charge in [-0.1, -0.05) is 54.1 Å². The van der Waals surface area contributed by atoms with Crippen LogP contribution in [0.3, 0.4) is 0 Å². The van der Waals surface area contributed by atoms with Crippen molar-refractivity contribution in [3.05, 3.63) is 100 Å². The molecule has 0 radical (unpaired) electrons. The molecular weight excluding hydrogens is 445 g/mol. The molecule has 0 aliphatic rings. The van der Waals surface area contributed by atoms with Crippen LogP contribution in [0.5, 0.6) is 0 Å². The van der Waals surface area contributed by atoms with Crippen molar-refractivity contribution in [2.75, 3.05) is 6.61 Å². The number of ketones is 1. The minimum atomic E-state index is -3.90. The Kier molecular flexibility index (Phi) is 7.17. The van der Waals surface area contributed by atoms with Gasteiger partial charge in [0.2, 0.25) is 10.0 Å². The lowest BCUT2D eigenvalue weighted by atomic mass is 10.1. The monoisotopic (exact) mass is 461 g/mol. The summed E-state index contributed by atoms with van der Waals surface area (Å²) in [5.41, 5.74) is 1.24. The van der Waals surface area contributed by atoms with E-state index in [1.165, 1.54) is 12.1 Å². The number of hydrogen-bond donors (Lipinski definition) is 1. The van der Waals surface area contributed by atoms with Crippen LogP contribution in [-0.2, 0) is 21.3 Å². The Labute approximate surface area is 183 Å². The van der Waals surface area contributed by atoms with Crippen LogP contribution in [-0.4, -0.2) is 26.8 Å². The molecule has 0 fully saturated rings. The fourth-order valence-electron chi connectivity index (χ4n) is 2.59. The Morgan fingerprint density at radius 2 is 1.61 bits per heavy atom. The maximum Gasteiger partial charge on any atom is 0.338 e. The van der Waals surface area contributed by atoms with E-state index in [0.717, 1.165) is 18.2 Å². The maximum absolute atomic E-state index is 13.2. The van der Waals surface area contributed by atoms with Crippen LogP contribution in [0.25, 0.3) is 0 Å². The molecule has 0 atom stereocenters. The lowest BCUT2D eigenvalue weighted by Crippen LogP contribution is -2.23. The van der Waals surface area contributed by atoms with Crippen molar-refractivity contribution in [2.24, 2.45) is 0 Å². The molecule has 0 spiro atoms. The minimum Gasteiger partial charge on any atom is -0.454 e. The number of benzene rings is 3. The van der Waals surface area contributed by atoms with E-state index in [1.807, 2.05) is 0 Å². The highest BCUT2D eigenvalue weighted by molar-refractivity contribution is 7.89. The highest BCUT2D eigenvalue weighted by Gasteiger charge is 2.16. The first-order chi connectivity index (χ1) is 14.8. The molecule has 0 aliphatic heterocycles. The van der Waals surface area contributed by atoms with E-state index in [4.69, 9.17) is 16.3 Å². The van der Waals surface area contributed by atoms with Gasteiger partial charge in [-0.3, -0.25) is 4.79 Å². The Balaban J connectivity index is 1.56. The normalized spacial score (nSPS) is 11.2. The Hall–Kier alpha value is -3.07. The molecule has 9 heteroatoms. The SMILES string of the molecule is O=C(COC(=O)c1ccc(CNS(=O)(=O)c2ccc(F)c(Cl)c2)cc1)c1ccccc1. The van der Waals surface area contributed by atoms with Crippen molar-refractivity contribution < 1.29 is 27.1 Å². The van der Waals surface area contributed by atoms with Gasteiger partial charge in [0.15, 0.2) is 12.4 Å². The fraction of sp³-hybridized carbons (Fsp3) is 0.0909. The van der Waals surface area contributed by atoms with Crippen molar-refractivity contribution in [1.29, 1.82) is 0 Å². The van der Waals surface area contributed by atoms with Gasteiger partial charge in [0.1, 0.15) is 5.82 Å². The van der Waals surface area contributed by atoms with Crippen molar-refractivity contribution in [3.8, 4) is 0 Å². The summed E-state index contributed by atoms with van der Waals surface area (Å²) < 4.78 is 45.3. The highest BCUT2D eigenvalue weighted by atomic mass is 35.5. The van der Waals surface area contributed by atoms with E-state index < -0.39 is 21.8 Å². The highest BCUT2D eigenvalue weighted by Crippen LogP contribution is 2.19. The second kappa shape index (κ2) is 9.82. The largest absolute Gasteiger partial charge is 0.454 e. The molecule has 1 N–H and O–H groups in total. The molecule has 0 aliphatic carbocycles. The van der Waals surface area contributed by atoms with Gasteiger partial charge in [0, 0.05) is 12.1 Å². The van der Waals surface area contributed by atoms with E-state index in [-0.39, 0.29) is 34.4 Å². The van der Waals surface area contributed by atoms with Crippen LogP contribution >= 0.6 is 11.6 Å². The number of ether oxygens (including phenoxy) is 1. The van der Waals surface area contributed by atoms with Crippen LogP contribution in [0.1, 0.15) is 26.3 Å².